The van der Waals surface area contributed by atoms with E-state index in [2.05, 4.69) is 4.90 Å². The molecule has 106 valence electrons. The summed E-state index contributed by atoms with van der Waals surface area (Å²) in [7, 11) is 0. The summed E-state index contributed by atoms with van der Waals surface area (Å²) in [5.74, 6) is -0.107. The van der Waals surface area contributed by atoms with Crippen LogP contribution in [0.4, 0.5) is 4.39 Å². The molecule has 0 amide bonds. The van der Waals surface area contributed by atoms with Gasteiger partial charge < -0.3 is 0 Å². The summed E-state index contributed by atoms with van der Waals surface area (Å²) >= 11 is 0. The molecule has 1 atom stereocenters. The van der Waals surface area contributed by atoms with Crippen LogP contribution in [0.2, 0.25) is 0 Å². The molecular formula is C16H19FN2O. The topological polar surface area (TPSA) is 44.1 Å². The van der Waals surface area contributed by atoms with Crippen molar-refractivity contribution in [3.8, 4) is 6.07 Å². The molecule has 0 bridgehead atoms. The molecule has 2 rings (SSSR count). The molecule has 0 aromatic heterocycles. The third-order valence-electron chi connectivity index (χ3n) is 3.82. The molecular weight excluding hydrogens is 255 g/mol. The van der Waals surface area contributed by atoms with Crippen LogP contribution in [-0.4, -0.2) is 23.3 Å². The first-order valence-electron chi connectivity index (χ1n) is 7.02. The summed E-state index contributed by atoms with van der Waals surface area (Å²) in [5, 5.41) is 8.90. The lowest BCUT2D eigenvalue weighted by molar-refractivity contribution is -0.118. The molecule has 1 heterocycles. The van der Waals surface area contributed by atoms with Gasteiger partial charge in [0.25, 0.3) is 0 Å². The van der Waals surface area contributed by atoms with Gasteiger partial charge in [0.1, 0.15) is 11.6 Å². The lowest BCUT2D eigenvalue weighted by Crippen LogP contribution is -2.40. The van der Waals surface area contributed by atoms with Gasteiger partial charge in [0.05, 0.1) is 11.6 Å². The second-order valence-corrected chi connectivity index (χ2v) is 5.44. The van der Waals surface area contributed by atoms with E-state index in [1.807, 2.05) is 6.07 Å². The van der Waals surface area contributed by atoms with Crippen molar-refractivity contribution in [2.75, 3.05) is 6.54 Å². The van der Waals surface area contributed by atoms with Gasteiger partial charge in [-0.2, -0.15) is 5.26 Å². The second-order valence-electron chi connectivity index (χ2n) is 5.44. The van der Waals surface area contributed by atoms with Gasteiger partial charge in [-0.05, 0) is 44.5 Å². The number of nitrogens with zero attached hydrogens (tertiary/aromatic N) is 2. The highest BCUT2D eigenvalue weighted by atomic mass is 19.1. The first-order valence-corrected chi connectivity index (χ1v) is 7.02. The molecule has 0 N–H and O–H groups in total. The lowest BCUT2D eigenvalue weighted by atomic mass is 9.97. The summed E-state index contributed by atoms with van der Waals surface area (Å²) in [6, 6.07) is 6.68. The number of carbonyl (C=O) groups excluding carboxylic acids is 1. The van der Waals surface area contributed by atoms with E-state index in [0.29, 0.717) is 24.1 Å². The summed E-state index contributed by atoms with van der Waals surface area (Å²) in [5.41, 5.74) is 1.01. The van der Waals surface area contributed by atoms with Gasteiger partial charge in [0.15, 0.2) is 0 Å². The van der Waals surface area contributed by atoms with Crippen molar-refractivity contribution in [3.05, 3.63) is 35.1 Å². The molecule has 0 saturated carbocycles. The minimum absolute atomic E-state index is 0.174. The van der Waals surface area contributed by atoms with Gasteiger partial charge in [-0.1, -0.05) is 6.42 Å². The van der Waals surface area contributed by atoms with E-state index in [1.54, 1.807) is 13.0 Å². The van der Waals surface area contributed by atoms with Crippen molar-refractivity contribution in [2.24, 2.45) is 0 Å². The molecule has 0 aliphatic carbocycles. The molecule has 0 spiro atoms. The van der Waals surface area contributed by atoms with E-state index < -0.39 is 0 Å². The Morgan fingerprint density at radius 3 is 3.00 bits per heavy atom. The lowest BCUT2D eigenvalue weighted by Gasteiger charge is -2.35. The molecule has 1 aromatic rings. The van der Waals surface area contributed by atoms with Crippen LogP contribution < -0.4 is 0 Å². The highest BCUT2D eigenvalue weighted by molar-refractivity contribution is 5.76. The zero-order valence-corrected chi connectivity index (χ0v) is 11.7. The number of likely N-dealkylation sites (tertiary alicyclic amines) is 1. The highest BCUT2D eigenvalue weighted by Crippen LogP contribution is 2.23. The second kappa shape index (κ2) is 6.62. The van der Waals surface area contributed by atoms with Crippen molar-refractivity contribution < 1.29 is 9.18 Å². The number of carbonyl (C=O) groups is 1. The normalized spacial score (nSPS) is 19.6. The Morgan fingerprint density at radius 2 is 2.30 bits per heavy atom. The Balaban J connectivity index is 2.14. The summed E-state index contributed by atoms with van der Waals surface area (Å²) in [6.07, 6.45) is 3.71. The number of Topliss-reactive ketones (excluding diaryl/α,β-unsaturated/α-hetero) is 1. The average Bonchev–Trinajstić information content (AvgIpc) is 2.43. The monoisotopic (exact) mass is 274 g/mol. The third kappa shape index (κ3) is 3.64. The maximum atomic E-state index is 13.8. The predicted molar refractivity (Wildman–Crippen MR) is 74.5 cm³/mol. The Hall–Kier alpha value is -1.73. The number of benzene rings is 1. The molecule has 4 heteroatoms. The van der Waals surface area contributed by atoms with Crippen molar-refractivity contribution in [3.63, 3.8) is 0 Å². The van der Waals surface area contributed by atoms with Crippen molar-refractivity contribution in [1.29, 1.82) is 5.26 Å². The van der Waals surface area contributed by atoms with Crippen LogP contribution in [0.3, 0.4) is 0 Å². The van der Waals surface area contributed by atoms with Crippen LogP contribution in [0, 0.1) is 17.1 Å². The molecule has 20 heavy (non-hydrogen) atoms. The van der Waals surface area contributed by atoms with E-state index in [1.165, 1.54) is 12.1 Å². The summed E-state index contributed by atoms with van der Waals surface area (Å²) in [4.78, 5) is 13.5. The minimum atomic E-state index is -0.281. The number of piperidine rings is 1. The molecule has 1 aliphatic heterocycles. The van der Waals surface area contributed by atoms with Crippen molar-refractivity contribution in [1.82, 2.24) is 4.90 Å². The zero-order chi connectivity index (χ0) is 14.5. The van der Waals surface area contributed by atoms with Crippen LogP contribution in [0.15, 0.2) is 18.2 Å². The van der Waals surface area contributed by atoms with E-state index in [0.717, 1.165) is 25.8 Å². The van der Waals surface area contributed by atoms with Crippen LogP contribution in [0.1, 0.15) is 43.7 Å². The Labute approximate surface area is 119 Å². The minimum Gasteiger partial charge on any atom is -0.300 e. The molecule has 1 unspecified atom stereocenters. The quantitative estimate of drug-likeness (QED) is 0.847. The molecule has 1 aromatic carbocycles. The van der Waals surface area contributed by atoms with E-state index >= 15 is 0 Å². The predicted octanol–water partition coefficient (Wildman–Crippen LogP) is 3.03. The Kier molecular flexibility index (Phi) is 4.86. The fourth-order valence-corrected chi connectivity index (χ4v) is 2.82. The van der Waals surface area contributed by atoms with E-state index in [-0.39, 0.29) is 17.6 Å². The summed E-state index contributed by atoms with van der Waals surface area (Å²) in [6.45, 7) is 2.96. The van der Waals surface area contributed by atoms with Gasteiger partial charge in [-0.15, -0.1) is 0 Å². The summed E-state index contributed by atoms with van der Waals surface area (Å²) < 4.78 is 13.8. The Bertz CT molecular complexity index is 536. The standard InChI is InChI=1S/C16H19FN2O/c1-12(20)8-15-4-2-3-7-19(15)11-14-9-13(10-18)5-6-16(14)17/h5-6,9,15H,2-4,7-8,11H2,1H3. The Morgan fingerprint density at radius 1 is 1.50 bits per heavy atom. The SMILES string of the molecule is CC(=O)CC1CCCCN1Cc1cc(C#N)ccc1F. The molecule has 0 radical (unpaired) electrons. The van der Waals surface area contributed by atoms with Crippen LogP contribution >= 0.6 is 0 Å². The number of rotatable bonds is 4. The average molecular weight is 274 g/mol. The number of hydrogen-bond donors (Lipinski definition) is 0. The maximum Gasteiger partial charge on any atom is 0.131 e. The van der Waals surface area contributed by atoms with Crippen LogP contribution in [0.5, 0.6) is 0 Å². The fraction of sp³-hybridized carbons (Fsp3) is 0.500. The molecule has 3 nitrogen and oxygen atoms in total. The maximum absolute atomic E-state index is 13.8. The molecule has 1 fully saturated rings. The van der Waals surface area contributed by atoms with Crippen molar-refractivity contribution >= 4 is 5.78 Å². The fourth-order valence-electron chi connectivity index (χ4n) is 2.82. The number of nitriles is 1. The third-order valence-corrected chi connectivity index (χ3v) is 3.82. The largest absolute Gasteiger partial charge is 0.300 e. The molecule has 1 saturated heterocycles. The van der Waals surface area contributed by atoms with Crippen LogP contribution in [0.25, 0.3) is 0 Å². The smallest absolute Gasteiger partial charge is 0.131 e. The van der Waals surface area contributed by atoms with E-state index in [4.69, 9.17) is 5.26 Å². The van der Waals surface area contributed by atoms with Crippen LogP contribution in [-0.2, 0) is 11.3 Å². The first kappa shape index (κ1) is 14.7. The van der Waals surface area contributed by atoms with Gasteiger partial charge >= 0.3 is 0 Å². The highest BCUT2D eigenvalue weighted by Gasteiger charge is 2.24. The zero-order valence-electron chi connectivity index (χ0n) is 11.7. The molecule has 1 aliphatic rings. The number of ketones is 1. The first-order chi connectivity index (χ1) is 9.60. The number of halogens is 1. The van der Waals surface area contributed by atoms with E-state index in [9.17, 15) is 9.18 Å². The van der Waals surface area contributed by atoms with Gasteiger partial charge in [0.2, 0.25) is 0 Å². The van der Waals surface area contributed by atoms with Gasteiger partial charge in [0, 0.05) is 24.6 Å². The van der Waals surface area contributed by atoms with Gasteiger partial charge in [-0.25, -0.2) is 4.39 Å². The van der Waals surface area contributed by atoms with Crippen molar-refractivity contribution in [2.45, 2.75) is 45.2 Å². The number of hydrogen-bond acceptors (Lipinski definition) is 3. The van der Waals surface area contributed by atoms with Gasteiger partial charge in [-0.3, -0.25) is 9.69 Å².